The summed E-state index contributed by atoms with van der Waals surface area (Å²) in [6.45, 7) is 1.13. The summed E-state index contributed by atoms with van der Waals surface area (Å²) in [5.41, 5.74) is 0.910. The average Bonchev–Trinajstić information content (AvgIpc) is 2.26. The van der Waals surface area contributed by atoms with Gasteiger partial charge in [-0.25, -0.2) is 0 Å². The third-order valence-electron chi connectivity index (χ3n) is 1.97. The molecular formula is C11H8BrNO2. The Balaban J connectivity index is 2.41. The molecule has 0 saturated heterocycles. The summed E-state index contributed by atoms with van der Waals surface area (Å²) in [5.74, 6) is 1.45. The predicted octanol–water partition coefficient (Wildman–Crippen LogP) is 2.76. The van der Waals surface area contributed by atoms with Crippen LogP contribution in [0.1, 0.15) is 5.56 Å². The number of allylic oxidation sites excluding steroid dienone is 1. The minimum absolute atomic E-state index is 0.560. The number of rotatable bonds is 1. The molecule has 0 spiro atoms. The van der Waals surface area contributed by atoms with Crippen molar-refractivity contribution >= 4 is 22.0 Å². The van der Waals surface area contributed by atoms with Gasteiger partial charge in [0.15, 0.2) is 11.5 Å². The first kappa shape index (κ1) is 10.1. The van der Waals surface area contributed by atoms with Crippen LogP contribution in [0.25, 0.3) is 6.08 Å². The van der Waals surface area contributed by atoms with Crippen LogP contribution in [0.3, 0.4) is 0 Å². The van der Waals surface area contributed by atoms with Gasteiger partial charge in [0.05, 0.1) is 10.5 Å². The zero-order valence-electron chi connectivity index (χ0n) is 7.87. The van der Waals surface area contributed by atoms with Crippen molar-refractivity contribution < 1.29 is 9.47 Å². The van der Waals surface area contributed by atoms with Gasteiger partial charge < -0.3 is 9.47 Å². The Morgan fingerprint density at radius 3 is 2.93 bits per heavy atom. The molecule has 1 aliphatic rings. The van der Waals surface area contributed by atoms with Gasteiger partial charge in [-0.2, -0.15) is 5.26 Å². The molecule has 0 aliphatic carbocycles. The van der Waals surface area contributed by atoms with Gasteiger partial charge in [-0.3, -0.25) is 0 Å². The molecule has 1 aliphatic heterocycles. The third kappa shape index (κ3) is 2.13. The van der Waals surface area contributed by atoms with Crippen LogP contribution < -0.4 is 9.47 Å². The highest BCUT2D eigenvalue weighted by Gasteiger charge is 2.15. The lowest BCUT2D eigenvalue weighted by molar-refractivity contribution is 0.170. The van der Waals surface area contributed by atoms with Crippen molar-refractivity contribution in [2.24, 2.45) is 0 Å². The smallest absolute Gasteiger partial charge is 0.175 e. The molecule has 0 amide bonds. The van der Waals surface area contributed by atoms with Crippen molar-refractivity contribution in [3.8, 4) is 17.6 Å². The van der Waals surface area contributed by atoms with Crippen molar-refractivity contribution in [1.29, 1.82) is 5.26 Å². The molecule has 4 heteroatoms. The molecule has 0 radical (unpaired) electrons. The van der Waals surface area contributed by atoms with Gasteiger partial charge in [0.2, 0.25) is 0 Å². The maximum Gasteiger partial charge on any atom is 0.175 e. The van der Waals surface area contributed by atoms with Crippen molar-refractivity contribution in [2.45, 2.75) is 0 Å². The number of hydrogen-bond donors (Lipinski definition) is 0. The number of hydrogen-bond acceptors (Lipinski definition) is 3. The van der Waals surface area contributed by atoms with E-state index < -0.39 is 0 Å². The Hall–Kier alpha value is -1.47. The van der Waals surface area contributed by atoms with Crippen LogP contribution in [-0.2, 0) is 0 Å². The molecule has 3 nitrogen and oxygen atoms in total. The summed E-state index contributed by atoms with van der Waals surface area (Å²) in [6.07, 6.45) is 3.15. The molecule has 1 heterocycles. The first-order valence-corrected chi connectivity index (χ1v) is 5.26. The van der Waals surface area contributed by atoms with E-state index in [1.54, 1.807) is 6.08 Å². The van der Waals surface area contributed by atoms with Gasteiger partial charge in [-0.05, 0) is 39.7 Å². The summed E-state index contributed by atoms with van der Waals surface area (Å²) < 4.78 is 11.8. The lowest BCUT2D eigenvalue weighted by Gasteiger charge is -2.19. The maximum atomic E-state index is 8.43. The largest absolute Gasteiger partial charge is 0.486 e. The predicted molar refractivity (Wildman–Crippen MR) is 59.8 cm³/mol. The van der Waals surface area contributed by atoms with Crippen LogP contribution >= 0.6 is 15.9 Å². The fourth-order valence-corrected chi connectivity index (χ4v) is 1.93. The summed E-state index contributed by atoms with van der Waals surface area (Å²) in [7, 11) is 0. The lowest BCUT2D eigenvalue weighted by atomic mass is 10.2. The fourth-order valence-electron chi connectivity index (χ4n) is 1.36. The number of fused-ring (bicyclic) bond motifs is 1. The number of halogens is 1. The molecule has 0 bridgehead atoms. The molecule has 0 atom stereocenters. The van der Waals surface area contributed by atoms with Crippen molar-refractivity contribution in [3.63, 3.8) is 0 Å². The van der Waals surface area contributed by atoms with E-state index >= 15 is 0 Å². The van der Waals surface area contributed by atoms with Crippen molar-refractivity contribution in [2.75, 3.05) is 13.2 Å². The van der Waals surface area contributed by atoms with Gasteiger partial charge in [0.25, 0.3) is 0 Å². The number of ether oxygens (including phenoxy) is 2. The van der Waals surface area contributed by atoms with E-state index in [1.165, 1.54) is 6.08 Å². The van der Waals surface area contributed by atoms with Gasteiger partial charge in [0.1, 0.15) is 13.2 Å². The molecule has 76 valence electrons. The number of nitrogens with zero attached hydrogens (tertiary/aromatic N) is 1. The Morgan fingerprint density at radius 1 is 1.33 bits per heavy atom. The molecule has 0 saturated carbocycles. The van der Waals surface area contributed by atoms with E-state index in [1.807, 2.05) is 18.2 Å². The summed E-state index contributed by atoms with van der Waals surface area (Å²) in [4.78, 5) is 0. The second-order valence-corrected chi connectivity index (χ2v) is 3.84. The van der Waals surface area contributed by atoms with Crippen molar-refractivity contribution in [1.82, 2.24) is 0 Å². The zero-order valence-corrected chi connectivity index (χ0v) is 9.45. The second kappa shape index (κ2) is 4.37. The van der Waals surface area contributed by atoms with Crippen molar-refractivity contribution in [3.05, 3.63) is 28.2 Å². The minimum Gasteiger partial charge on any atom is -0.486 e. The first-order chi connectivity index (χ1) is 7.31. The normalized spacial score (nSPS) is 13.9. The Bertz CT molecular complexity index is 449. The highest BCUT2D eigenvalue weighted by Crippen LogP contribution is 2.38. The lowest BCUT2D eigenvalue weighted by Crippen LogP contribution is -2.15. The Labute approximate surface area is 96.0 Å². The fraction of sp³-hybridized carbons (Fsp3) is 0.182. The number of benzene rings is 1. The molecule has 0 fully saturated rings. The van der Waals surface area contributed by atoms with Crippen LogP contribution in [0.15, 0.2) is 22.7 Å². The minimum atomic E-state index is 0.560. The molecule has 0 aromatic heterocycles. The molecule has 0 unspecified atom stereocenters. The van der Waals surface area contributed by atoms with E-state index in [9.17, 15) is 0 Å². The molecule has 1 aromatic rings. The van der Waals surface area contributed by atoms with Crippen LogP contribution in [0, 0.1) is 11.3 Å². The molecule has 1 aromatic carbocycles. The SMILES string of the molecule is N#CC=Cc1cc(Br)c2c(c1)OCCO2. The third-order valence-corrected chi connectivity index (χ3v) is 2.56. The van der Waals surface area contributed by atoms with Crippen LogP contribution in [0.2, 0.25) is 0 Å². The maximum absolute atomic E-state index is 8.43. The molecule has 0 N–H and O–H groups in total. The standard InChI is InChI=1S/C11H8BrNO2/c12-9-6-8(2-1-3-13)7-10-11(9)15-5-4-14-10/h1-2,6-7H,4-5H2. The van der Waals surface area contributed by atoms with E-state index in [0.717, 1.165) is 15.8 Å². The molecular weight excluding hydrogens is 258 g/mol. The summed E-state index contributed by atoms with van der Waals surface area (Å²) in [5, 5.41) is 8.43. The van der Waals surface area contributed by atoms with Gasteiger partial charge in [-0.1, -0.05) is 0 Å². The summed E-state index contributed by atoms with van der Waals surface area (Å²) >= 11 is 3.40. The number of nitriles is 1. The van der Waals surface area contributed by atoms with E-state index in [2.05, 4.69) is 15.9 Å². The van der Waals surface area contributed by atoms with Crippen LogP contribution in [0.5, 0.6) is 11.5 Å². The topological polar surface area (TPSA) is 42.2 Å². The van der Waals surface area contributed by atoms with Crippen LogP contribution in [0.4, 0.5) is 0 Å². The molecule has 15 heavy (non-hydrogen) atoms. The zero-order chi connectivity index (χ0) is 10.7. The highest BCUT2D eigenvalue weighted by molar-refractivity contribution is 9.10. The van der Waals surface area contributed by atoms with Gasteiger partial charge in [-0.15, -0.1) is 0 Å². The van der Waals surface area contributed by atoms with Gasteiger partial charge in [0, 0.05) is 6.08 Å². The van der Waals surface area contributed by atoms with E-state index in [0.29, 0.717) is 19.0 Å². The van der Waals surface area contributed by atoms with E-state index in [-0.39, 0.29) is 0 Å². The first-order valence-electron chi connectivity index (χ1n) is 4.46. The monoisotopic (exact) mass is 265 g/mol. The van der Waals surface area contributed by atoms with Crippen LogP contribution in [-0.4, -0.2) is 13.2 Å². The highest BCUT2D eigenvalue weighted by atomic mass is 79.9. The summed E-state index contributed by atoms with van der Waals surface area (Å²) in [6, 6.07) is 5.69. The Kier molecular flexibility index (Phi) is 2.93. The Morgan fingerprint density at radius 2 is 2.13 bits per heavy atom. The second-order valence-electron chi connectivity index (χ2n) is 2.99. The average molecular weight is 266 g/mol. The quantitative estimate of drug-likeness (QED) is 0.734. The molecule has 2 rings (SSSR count). The van der Waals surface area contributed by atoms with E-state index in [4.69, 9.17) is 14.7 Å². The van der Waals surface area contributed by atoms with Gasteiger partial charge >= 0.3 is 0 Å².